The summed E-state index contributed by atoms with van der Waals surface area (Å²) >= 11 is 0. The molecular formula is C18H29NO2. The van der Waals surface area contributed by atoms with Gasteiger partial charge >= 0.3 is 0 Å². The van der Waals surface area contributed by atoms with Crippen molar-refractivity contribution in [1.82, 2.24) is 4.90 Å². The van der Waals surface area contributed by atoms with Crippen molar-refractivity contribution in [3.63, 3.8) is 0 Å². The van der Waals surface area contributed by atoms with Crippen LogP contribution in [-0.4, -0.2) is 38.3 Å². The topological polar surface area (TPSA) is 21.7 Å². The summed E-state index contributed by atoms with van der Waals surface area (Å²) in [6.07, 6.45) is 3.20. The van der Waals surface area contributed by atoms with E-state index in [1.807, 2.05) is 0 Å². The zero-order chi connectivity index (χ0) is 15.8. The van der Waals surface area contributed by atoms with E-state index in [4.69, 9.17) is 9.47 Å². The lowest BCUT2D eigenvalue weighted by Crippen LogP contribution is -2.39. The van der Waals surface area contributed by atoms with Crippen molar-refractivity contribution in [2.45, 2.75) is 52.6 Å². The van der Waals surface area contributed by atoms with Crippen LogP contribution in [0.5, 0.6) is 11.5 Å². The van der Waals surface area contributed by atoms with Gasteiger partial charge in [-0.25, -0.2) is 0 Å². The Labute approximate surface area is 129 Å². The standard InChI is InChI=1S/C18H29NO2/c1-12-13(2)17-15(14(3)16(12)20-7)8-9-18(4,21-17)10-11-19(5)6/h8-11H2,1-7H3. The SMILES string of the molecule is COc1c(C)c(C)c2c(c1C)CCC(C)(CCN(C)C)O2. The lowest BCUT2D eigenvalue weighted by molar-refractivity contribution is 0.0480. The first-order valence-corrected chi connectivity index (χ1v) is 7.79. The van der Waals surface area contributed by atoms with Crippen LogP contribution < -0.4 is 9.47 Å². The fourth-order valence-corrected chi connectivity index (χ4v) is 3.22. The number of methoxy groups -OCH3 is 1. The molecule has 0 aliphatic carbocycles. The number of benzene rings is 1. The third kappa shape index (κ3) is 3.03. The number of hydrogen-bond acceptors (Lipinski definition) is 3. The molecule has 0 bridgehead atoms. The zero-order valence-electron chi connectivity index (χ0n) is 14.6. The lowest BCUT2D eigenvalue weighted by atomic mass is 9.85. The van der Waals surface area contributed by atoms with Gasteiger partial charge in [-0.2, -0.15) is 0 Å². The Morgan fingerprint density at radius 1 is 1.14 bits per heavy atom. The van der Waals surface area contributed by atoms with E-state index < -0.39 is 0 Å². The quantitative estimate of drug-likeness (QED) is 0.845. The number of ether oxygens (including phenoxy) is 2. The van der Waals surface area contributed by atoms with Gasteiger partial charge in [-0.1, -0.05) is 0 Å². The molecule has 1 heterocycles. The highest BCUT2D eigenvalue weighted by Gasteiger charge is 2.34. The number of rotatable bonds is 4. The molecule has 0 saturated carbocycles. The van der Waals surface area contributed by atoms with Crippen LogP contribution >= 0.6 is 0 Å². The van der Waals surface area contributed by atoms with E-state index in [1.165, 1.54) is 22.3 Å². The van der Waals surface area contributed by atoms with Gasteiger partial charge < -0.3 is 14.4 Å². The molecule has 3 heteroatoms. The summed E-state index contributed by atoms with van der Waals surface area (Å²) < 4.78 is 12.1. The third-order valence-electron chi connectivity index (χ3n) is 4.86. The van der Waals surface area contributed by atoms with Crippen molar-refractivity contribution in [3.8, 4) is 11.5 Å². The molecule has 1 unspecified atom stereocenters. The number of hydrogen-bond donors (Lipinski definition) is 0. The summed E-state index contributed by atoms with van der Waals surface area (Å²) in [5.74, 6) is 2.12. The van der Waals surface area contributed by atoms with E-state index in [9.17, 15) is 0 Å². The van der Waals surface area contributed by atoms with Gasteiger partial charge in [0.25, 0.3) is 0 Å². The molecule has 0 fully saturated rings. The molecule has 0 aromatic heterocycles. The Hall–Kier alpha value is -1.22. The Morgan fingerprint density at radius 2 is 1.81 bits per heavy atom. The van der Waals surface area contributed by atoms with Gasteiger partial charge in [0.2, 0.25) is 0 Å². The summed E-state index contributed by atoms with van der Waals surface area (Å²) in [4.78, 5) is 2.22. The maximum atomic E-state index is 6.48. The first kappa shape index (κ1) is 16.2. The minimum atomic E-state index is -0.0600. The van der Waals surface area contributed by atoms with Crippen molar-refractivity contribution < 1.29 is 9.47 Å². The van der Waals surface area contributed by atoms with Crippen LogP contribution in [0, 0.1) is 20.8 Å². The van der Waals surface area contributed by atoms with Gasteiger partial charge in [0, 0.05) is 12.1 Å². The van der Waals surface area contributed by atoms with E-state index >= 15 is 0 Å². The Balaban J connectivity index is 2.37. The minimum Gasteiger partial charge on any atom is -0.496 e. The number of fused-ring (bicyclic) bond motifs is 1. The molecule has 1 aromatic carbocycles. The van der Waals surface area contributed by atoms with E-state index in [2.05, 4.69) is 46.7 Å². The summed E-state index contributed by atoms with van der Waals surface area (Å²) in [5.41, 5.74) is 4.94. The Morgan fingerprint density at radius 3 is 2.38 bits per heavy atom. The number of nitrogens with zero attached hydrogens (tertiary/aromatic N) is 1. The van der Waals surface area contributed by atoms with Crippen LogP contribution in [0.4, 0.5) is 0 Å². The normalized spacial score (nSPS) is 21.1. The summed E-state index contributed by atoms with van der Waals surface area (Å²) in [5, 5.41) is 0. The van der Waals surface area contributed by atoms with Crippen LogP contribution in [0.3, 0.4) is 0 Å². The molecule has 0 N–H and O–H groups in total. The average Bonchev–Trinajstić information content (AvgIpc) is 2.43. The second kappa shape index (κ2) is 5.88. The second-order valence-electron chi connectivity index (χ2n) is 6.82. The molecule has 3 nitrogen and oxygen atoms in total. The molecule has 0 amide bonds. The predicted octanol–water partition coefficient (Wildman–Crippen LogP) is 3.66. The fraction of sp³-hybridized carbons (Fsp3) is 0.667. The molecule has 1 aliphatic rings. The van der Waals surface area contributed by atoms with E-state index in [-0.39, 0.29) is 5.60 Å². The summed E-state index contributed by atoms with van der Waals surface area (Å²) in [7, 11) is 5.99. The minimum absolute atomic E-state index is 0.0600. The molecule has 1 atom stereocenters. The van der Waals surface area contributed by atoms with Gasteiger partial charge in [0.15, 0.2) is 0 Å². The van der Waals surface area contributed by atoms with E-state index in [1.54, 1.807) is 7.11 Å². The van der Waals surface area contributed by atoms with Gasteiger partial charge in [-0.05, 0) is 77.7 Å². The summed E-state index contributed by atoms with van der Waals surface area (Å²) in [6.45, 7) is 9.72. The highest BCUT2D eigenvalue weighted by Crippen LogP contribution is 2.44. The monoisotopic (exact) mass is 291 g/mol. The van der Waals surface area contributed by atoms with E-state index in [0.29, 0.717) is 0 Å². The van der Waals surface area contributed by atoms with Crippen molar-refractivity contribution in [2.75, 3.05) is 27.7 Å². The first-order chi connectivity index (χ1) is 9.79. The largest absolute Gasteiger partial charge is 0.496 e. The summed E-state index contributed by atoms with van der Waals surface area (Å²) in [6, 6.07) is 0. The zero-order valence-corrected chi connectivity index (χ0v) is 14.6. The molecule has 1 aromatic rings. The van der Waals surface area contributed by atoms with Crippen LogP contribution in [-0.2, 0) is 6.42 Å². The van der Waals surface area contributed by atoms with Gasteiger partial charge in [0.05, 0.1) is 7.11 Å². The molecule has 1 aliphatic heterocycles. The van der Waals surface area contributed by atoms with Crippen molar-refractivity contribution in [1.29, 1.82) is 0 Å². The Bertz CT molecular complexity index is 537. The van der Waals surface area contributed by atoms with Crippen molar-refractivity contribution >= 4 is 0 Å². The van der Waals surface area contributed by atoms with Gasteiger partial charge in [0.1, 0.15) is 17.1 Å². The van der Waals surface area contributed by atoms with Gasteiger partial charge in [-0.15, -0.1) is 0 Å². The molecular weight excluding hydrogens is 262 g/mol. The smallest absolute Gasteiger partial charge is 0.127 e. The highest BCUT2D eigenvalue weighted by atomic mass is 16.5. The fourth-order valence-electron chi connectivity index (χ4n) is 3.22. The van der Waals surface area contributed by atoms with Crippen LogP contribution in [0.25, 0.3) is 0 Å². The lowest BCUT2D eigenvalue weighted by Gasteiger charge is -2.38. The average molecular weight is 291 g/mol. The highest BCUT2D eigenvalue weighted by molar-refractivity contribution is 5.58. The molecule has 21 heavy (non-hydrogen) atoms. The maximum Gasteiger partial charge on any atom is 0.127 e. The first-order valence-electron chi connectivity index (χ1n) is 7.79. The molecule has 0 spiro atoms. The third-order valence-corrected chi connectivity index (χ3v) is 4.86. The molecule has 118 valence electrons. The molecule has 0 radical (unpaired) electrons. The van der Waals surface area contributed by atoms with Crippen molar-refractivity contribution in [2.24, 2.45) is 0 Å². The molecule has 0 saturated heterocycles. The van der Waals surface area contributed by atoms with Gasteiger partial charge in [-0.3, -0.25) is 0 Å². The van der Waals surface area contributed by atoms with Crippen LogP contribution in [0.1, 0.15) is 42.0 Å². The maximum absolute atomic E-state index is 6.48. The second-order valence-corrected chi connectivity index (χ2v) is 6.82. The van der Waals surface area contributed by atoms with Crippen LogP contribution in [0.2, 0.25) is 0 Å². The van der Waals surface area contributed by atoms with E-state index in [0.717, 1.165) is 37.3 Å². The van der Waals surface area contributed by atoms with Crippen molar-refractivity contribution in [3.05, 3.63) is 22.3 Å². The molecule has 2 rings (SSSR count). The van der Waals surface area contributed by atoms with Crippen LogP contribution in [0.15, 0.2) is 0 Å². The predicted molar refractivity (Wildman–Crippen MR) is 87.7 cm³/mol. The Kier molecular flexibility index (Phi) is 4.52.